The zero-order chi connectivity index (χ0) is 16.4. The fourth-order valence-electron chi connectivity index (χ4n) is 3.24. The van der Waals surface area contributed by atoms with Crippen molar-refractivity contribution in [3.05, 3.63) is 79.0 Å². The largest absolute Gasteiger partial charge is 0.323 e. The summed E-state index contributed by atoms with van der Waals surface area (Å²) in [5, 5.41) is 1.12. The van der Waals surface area contributed by atoms with Crippen LogP contribution in [0.5, 0.6) is 0 Å². The van der Waals surface area contributed by atoms with Gasteiger partial charge in [-0.15, -0.1) is 0 Å². The Hall–Kier alpha value is -3.01. The van der Waals surface area contributed by atoms with Crippen LogP contribution in [-0.4, -0.2) is 19.5 Å². The Morgan fingerprint density at radius 2 is 1.75 bits per heavy atom. The average molecular weight is 314 g/mol. The molecule has 0 fully saturated rings. The monoisotopic (exact) mass is 314 g/mol. The lowest BCUT2D eigenvalue weighted by Crippen LogP contribution is -2.10. The van der Waals surface area contributed by atoms with Gasteiger partial charge in [-0.05, 0) is 36.2 Å². The van der Waals surface area contributed by atoms with E-state index in [1.165, 1.54) is 5.56 Å². The second kappa shape index (κ2) is 6.24. The molecular formula is C20H18N4. The van der Waals surface area contributed by atoms with Gasteiger partial charge in [0.2, 0.25) is 0 Å². The zero-order valence-electron chi connectivity index (χ0n) is 13.5. The number of fused-ring (bicyclic) bond motifs is 1. The van der Waals surface area contributed by atoms with Gasteiger partial charge in [0.05, 0.1) is 11.6 Å². The van der Waals surface area contributed by atoms with E-state index in [0.29, 0.717) is 0 Å². The highest BCUT2D eigenvalue weighted by Crippen LogP contribution is 2.31. The number of nitrogens with zero attached hydrogens (tertiary/aromatic N) is 4. The summed E-state index contributed by atoms with van der Waals surface area (Å²) in [5.74, 6) is 0.970. The van der Waals surface area contributed by atoms with E-state index < -0.39 is 0 Å². The van der Waals surface area contributed by atoms with Gasteiger partial charge >= 0.3 is 0 Å². The van der Waals surface area contributed by atoms with Crippen LogP contribution in [0.2, 0.25) is 0 Å². The lowest BCUT2D eigenvalue weighted by atomic mass is 10.0. The molecule has 4 heteroatoms. The highest BCUT2D eigenvalue weighted by Gasteiger charge is 2.17. The molecule has 0 amide bonds. The summed E-state index contributed by atoms with van der Waals surface area (Å²) < 4.78 is 2.25. The Balaban J connectivity index is 1.88. The molecule has 1 aromatic carbocycles. The molecule has 1 atom stereocenters. The second-order valence-electron chi connectivity index (χ2n) is 5.74. The molecule has 0 aliphatic heterocycles. The molecule has 0 radical (unpaired) electrons. The normalized spacial score (nSPS) is 12.4. The van der Waals surface area contributed by atoms with E-state index in [0.717, 1.165) is 28.7 Å². The molecule has 3 heterocycles. The van der Waals surface area contributed by atoms with Gasteiger partial charge in [0.25, 0.3) is 0 Å². The molecule has 3 aromatic heterocycles. The number of para-hydroxylation sites is 1. The van der Waals surface area contributed by atoms with Crippen LogP contribution in [0.1, 0.15) is 24.9 Å². The molecule has 24 heavy (non-hydrogen) atoms. The first-order valence-electron chi connectivity index (χ1n) is 8.15. The first-order chi connectivity index (χ1) is 11.9. The summed E-state index contributed by atoms with van der Waals surface area (Å²) in [5.41, 5.74) is 3.34. The fourth-order valence-corrected chi connectivity index (χ4v) is 3.24. The summed E-state index contributed by atoms with van der Waals surface area (Å²) >= 11 is 0. The number of hydrogen-bond acceptors (Lipinski definition) is 3. The van der Waals surface area contributed by atoms with Crippen LogP contribution in [0.3, 0.4) is 0 Å². The van der Waals surface area contributed by atoms with E-state index in [9.17, 15) is 0 Å². The summed E-state index contributed by atoms with van der Waals surface area (Å²) in [4.78, 5) is 13.2. The van der Waals surface area contributed by atoms with Gasteiger partial charge in [0.15, 0.2) is 0 Å². The third-order valence-electron chi connectivity index (χ3n) is 4.37. The van der Waals surface area contributed by atoms with Crippen LogP contribution in [0.25, 0.3) is 22.3 Å². The predicted octanol–water partition coefficient (Wildman–Crippen LogP) is 4.49. The summed E-state index contributed by atoms with van der Waals surface area (Å²) in [6.07, 6.45) is 10.4. The molecule has 0 saturated heterocycles. The molecule has 4 aromatic rings. The van der Waals surface area contributed by atoms with Crippen molar-refractivity contribution < 1.29 is 0 Å². The standard InChI is InChI=1S/C20H18N4/c1-2-19(15-7-10-21-11-8-15)24-14-13-23-20(24)17-9-12-22-18-6-4-3-5-16(17)18/h3-14,19H,2H2,1H3/t19-/m0/s1. The lowest BCUT2D eigenvalue weighted by Gasteiger charge is -2.20. The van der Waals surface area contributed by atoms with Gasteiger partial charge in [0.1, 0.15) is 5.82 Å². The van der Waals surface area contributed by atoms with Gasteiger partial charge in [-0.1, -0.05) is 25.1 Å². The first kappa shape index (κ1) is 14.6. The lowest BCUT2D eigenvalue weighted by molar-refractivity contribution is 0.571. The molecule has 0 aliphatic rings. The smallest absolute Gasteiger partial charge is 0.141 e. The van der Waals surface area contributed by atoms with Gasteiger partial charge < -0.3 is 4.57 Å². The average Bonchev–Trinajstić information content (AvgIpc) is 3.12. The molecule has 4 rings (SSSR count). The zero-order valence-corrected chi connectivity index (χ0v) is 13.5. The molecule has 0 N–H and O–H groups in total. The molecular weight excluding hydrogens is 296 g/mol. The van der Waals surface area contributed by atoms with Crippen molar-refractivity contribution in [2.75, 3.05) is 0 Å². The van der Waals surface area contributed by atoms with Crippen molar-refractivity contribution in [2.24, 2.45) is 0 Å². The Bertz CT molecular complexity index is 954. The van der Waals surface area contributed by atoms with Crippen LogP contribution in [0.4, 0.5) is 0 Å². The van der Waals surface area contributed by atoms with E-state index in [1.807, 2.05) is 49.1 Å². The van der Waals surface area contributed by atoms with Crippen LogP contribution in [0.15, 0.2) is 73.4 Å². The predicted molar refractivity (Wildman–Crippen MR) is 95.6 cm³/mol. The number of pyridine rings is 2. The van der Waals surface area contributed by atoms with E-state index in [4.69, 9.17) is 0 Å². The van der Waals surface area contributed by atoms with Gasteiger partial charge in [-0.25, -0.2) is 4.98 Å². The Morgan fingerprint density at radius 1 is 0.917 bits per heavy atom. The van der Waals surface area contributed by atoms with E-state index in [2.05, 4.69) is 50.8 Å². The topological polar surface area (TPSA) is 43.6 Å². The van der Waals surface area contributed by atoms with Gasteiger partial charge in [-0.3, -0.25) is 9.97 Å². The molecule has 0 bridgehead atoms. The summed E-state index contributed by atoms with van der Waals surface area (Å²) in [7, 11) is 0. The highest BCUT2D eigenvalue weighted by atomic mass is 15.1. The molecule has 0 saturated carbocycles. The van der Waals surface area contributed by atoms with Gasteiger partial charge in [-0.2, -0.15) is 0 Å². The maximum absolute atomic E-state index is 4.65. The number of benzene rings is 1. The van der Waals surface area contributed by atoms with Crippen LogP contribution >= 0.6 is 0 Å². The quantitative estimate of drug-likeness (QED) is 0.557. The third kappa shape index (κ3) is 2.46. The minimum absolute atomic E-state index is 0.234. The number of imidazole rings is 1. The minimum Gasteiger partial charge on any atom is -0.323 e. The molecule has 0 unspecified atom stereocenters. The van der Waals surface area contributed by atoms with Crippen molar-refractivity contribution >= 4 is 10.9 Å². The Morgan fingerprint density at radius 3 is 2.58 bits per heavy atom. The number of hydrogen-bond donors (Lipinski definition) is 0. The van der Waals surface area contributed by atoms with E-state index >= 15 is 0 Å². The Kier molecular flexibility index (Phi) is 3.79. The van der Waals surface area contributed by atoms with E-state index in [1.54, 1.807) is 0 Å². The van der Waals surface area contributed by atoms with Crippen LogP contribution in [-0.2, 0) is 0 Å². The highest BCUT2D eigenvalue weighted by molar-refractivity contribution is 5.92. The van der Waals surface area contributed by atoms with Crippen LogP contribution in [0, 0.1) is 0 Å². The molecule has 0 aliphatic carbocycles. The fraction of sp³-hybridized carbons (Fsp3) is 0.150. The maximum Gasteiger partial charge on any atom is 0.141 e. The van der Waals surface area contributed by atoms with Gasteiger partial charge in [0, 0.05) is 41.9 Å². The second-order valence-corrected chi connectivity index (χ2v) is 5.74. The van der Waals surface area contributed by atoms with Crippen LogP contribution < -0.4 is 0 Å². The Labute approximate surface area is 140 Å². The van der Waals surface area contributed by atoms with Crippen molar-refractivity contribution in [2.45, 2.75) is 19.4 Å². The summed E-state index contributed by atoms with van der Waals surface area (Å²) in [6.45, 7) is 2.19. The summed E-state index contributed by atoms with van der Waals surface area (Å²) in [6, 6.07) is 14.6. The third-order valence-corrected chi connectivity index (χ3v) is 4.37. The van der Waals surface area contributed by atoms with Crippen molar-refractivity contribution in [1.29, 1.82) is 0 Å². The van der Waals surface area contributed by atoms with Crippen molar-refractivity contribution in [1.82, 2.24) is 19.5 Å². The van der Waals surface area contributed by atoms with Crippen molar-refractivity contribution in [3.8, 4) is 11.4 Å². The molecule has 118 valence electrons. The first-order valence-corrected chi connectivity index (χ1v) is 8.15. The number of aromatic nitrogens is 4. The number of rotatable bonds is 4. The van der Waals surface area contributed by atoms with Crippen molar-refractivity contribution in [3.63, 3.8) is 0 Å². The molecule has 4 nitrogen and oxygen atoms in total. The molecule has 0 spiro atoms. The minimum atomic E-state index is 0.234. The maximum atomic E-state index is 4.65. The van der Waals surface area contributed by atoms with E-state index in [-0.39, 0.29) is 6.04 Å². The SMILES string of the molecule is CC[C@@H](c1ccncc1)n1ccnc1-c1ccnc2ccccc12.